The Balaban J connectivity index is 1.71. The van der Waals surface area contributed by atoms with Crippen LogP contribution in [0, 0.1) is 6.92 Å². The summed E-state index contributed by atoms with van der Waals surface area (Å²) >= 11 is 5.91. The summed E-state index contributed by atoms with van der Waals surface area (Å²) in [5.41, 5.74) is 0.726. The molecule has 0 radical (unpaired) electrons. The number of likely N-dealkylation sites (tertiary alicyclic amines) is 1. The number of nitrogens with zero attached hydrogens (tertiary/aromatic N) is 3. The smallest absolute Gasteiger partial charge is 0.241 e. The van der Waals surface area contributed by atoms with E-state index in [1.54, 1.807) is 10.9 Å². The molecule has 7 heteroatoms. The fourth-order valence-corrected chi connectivity index (χ4v) is 2.83. The summed E-state index contributed by atoms with van der Waals surface area (Å²) in [4.78, 5) is 14.1. The zero-order valence-electron chi connectivity index (χ0n) is 12.4. The highest BCUT2D eigenvalue weighted by molar-refractivity contribution is 6.31. The lowest BCUT2D eigenvalue weighted by atomic mass is 10.0. The number of amides is 1. The van der Waals surface area contributed by atoms with Crippen molar-refractivity contribution in [3.63, 3.8) is 0 Å². The Hall–Kier alpha value is -1.11. The van der Waals surface area contributed by atoms with E-state index in [0.717, 1.165) is 31.6 Å². The van der Waals surface area contributed by atoms with Crippen molar-refractivity contribution in [2.24, 2.45) is 0 Å². The third-order valence-corrected chi connectivity index (χ3v) is 4.24. The van der Waals surface area contributed by atoms with Gasteiger partial charge in [0.2, 0.25) is 5.91 Å². The van der Waals surface area contributed by atoms with Gasteiger partial charge in [0, 0.05) is 25.3 Å². The van der Waals surface area contributed by atoms with E-state index < -0.39 is 0 Å². The minimum Gasteiger partial charge on any atom is -0.395 e. The Morgan fingerprint density at radius 2 is 2.38 bits per heavy atom. The Kier molecular flexibility index (Phi) is 6.02. The molecule has 2 rings (SSSR count). The highest BCUT2D eigenvalue weighted by atomic mass is 35.5. The minimum atomic E-state index is -0.0771. The third kappa shape index (κ3) is 4.69. The first-order valence-corrected chi connectivity index (χ1v) is 7.79. The molecule has 0 aliphatic carbocycles. The standard InChI is InChI=1S/C14H23ClN4O2/c1-11-13(15)8-19(17-11)9-14(21)16-5-7-18-6-3-2-4-12(18)10-20/h8,12,20H,2-7,9-10H2,1H3,(H,16,21)/t12-/m0/s1. The fraction of sp³-hybridized carbons (Fsp3) is 0.714. The number of hydrogen-bond donors (Lipinski definition) is 2. The lowest BCUT2D eigenvalue weighted by molar-refractivity contribution is -0.121. The maximum absolute atomic E-state index is 11.8. The predicted molar refractivity (Wildman–Crippen MR) is 81.3 cm³/mol. The van der Waals surface area contributed by atoms with E-state index in [4.69, 9.17) is 11.6 Å². The molecule has 1 saturated heterocycles. The van der Waals surface area contributed by atoms with E-state index >= 15 is 0 Å². The van der Waals surface area contributed by atoms with Crippen molar-refractivity contribution in [1.82, 2.24) is 20.0 Å². The van der Waals surface area contributed by atoms with Gasteiger partial charge in [-0.25, -0.2) is 0 Å². The minimum absolute atomic E-state index is 0.0771. The molecule has 2 N–H and O–H groups in total. The average molecular weight is 315 g/mol. The molecule has 1 fully saturated rings. The van der Waals surface area contributed by atoms with Gasteiger partial charge in [0.15, 0.2) is 0 Å². The molecule has 2 heterocycles. The molecule has 0 bridgehead atoms. The quantitative estimate of drug-likeness (QED) is 0.815. The molecule has 1 aromatic heterocycles. The molecular formula is C14H23ClN4O2. The monoisotopic (exact) mass is 314 g/mol. The fourth-order valence-electron chi connectivity index (χ4n) is 2.68. The topological polar surface area (TPSA) is 70.4 Å². The largest absolute Gasteiger partial charge is 0.395 e. The normalized spacial score (nSPS) is 19.7. The number of hydrogen-bond acceptors (Lipinski definition) is 4. The molecule has 0 spiro atoms. The molecule has 1 aliphatic rings. The lowest BCUT2D eigenvalue weighted by Crippen LogP contribution is -2.45. The van der Waals surface area contributed by atoms with Crippen molar-refractivity contribution >= 4 is 17.5 Å². The number of aliphatic hydroxyl groups is 1. The number of aryl methyl sites for hydroxylation is 1. The molecule has 118 valence electrons. The zero-order valence-corrected chi connectivity index (χ0v) is 13.1. The van der Waals surface area contributed by atoms with Gasteiger partial charge in [-0.2, -0.15) is 5.10 Å². The number of carbonyl (C=O) groups excluding carboxylic acids is 1. The predicted octanol–water partition coefficient (Wildman–Crippen LogP) is 0.808. The maximum atomic E-state index is 11.8. The molecule has 21 heavy (non-hydrogen) atoms. The van der Waals surface area contributed by atoms with Crippen LogP contribution >= 0.6 is 11.6 Å². The number of aromatic nitrogens is 2. The Morgan fingerprint density at radius 3 is 3.05 bits per heavy atom. The van der Waals surface area contributed by atoms with Crippen LogP contribution in [0.3, 0.4) is 0 Å². The Morgan fingerprint density at radius 1 is 1.57 bits per heavy atom. The van der Waals surface area contributed by atoms with Gasteiger partial charge >= 0.3 is 0 Å². The SMILES string of the molecule is Cc1nn(CC(=O)NCCN2CCCC[C@H]2CO)cc1Cl. The number of carbonyl (C=O) groups is 1. The second-order valence-corrected chi connectivity index (χ2v) is 5.89. The van der Waals surface area contributed by atoms with Crippen LogP contribution in [0.1, 0.15) is 25.0 Å². The molecule has 1 aromatic rings. The summed E-state index contributed by atoms with van der Waals surface area (Å²) in [7, 11) is 0. The van der Waals surface area contributed by atoms with Crippen molar-refractivity contribution in [1.29, 1.82) is 0 Å². The first-order valence-electron chi connectivity index (χ1n) is 7.41. The van der Waals surface area contributed by atoms with Crippen LogP contribution in [0.15, 0.2) is 6.20 Å². The summed E-state index contributed by atoms with van der Waals surface area (Å²) in [6, 6.07) is 0.239. The molecule has 0 unspecified atom stereocenters. The van der Waals surface area contributed by atoms with Crippen LogP contribution in [0.25, 0.3) is 0 Å². The van der Waals surface area contributed by atoms with Gasteiger partial charge in [-0.1, -0.05) is 18.0 Å². The van der Waals surface area contributed by atoms with Gasteiger partial charge in [0.05, 0.1) is 17.3 Å². The summed E-state index contributed by atoms with van der Waals surface area (Å²) < 4.78 is 1.55. The number of piperidine rings is 1. The van der Waals surface area contributed by atoms with Crippen molar-refractivity contribution in [3.05, 3.63) is 16.9 Å². The van der Waals surface area contributed by atoms with E-state index in [9.17, 15) is 9.90 Å². The van der Waals surface area contributed by atoms with E-state index in [1.165, 1.54) is 6.42 Å². The molecule has 6 nitrogen and oxygen atoms in total. The number of nitrogens with one attached hydrogen (secondary N) is 1. The van der Waals surface area contributed by atoms with Gasteiger partial charge < -0.3 is 10.4 Å². The second kappa shape index (κ2) is 7.77. The van der Waals surface area contributed by atoms with Crippen molar-refractivity contribution in [3.8, 4) is 0 Å². The average Bonchev–Trinajstić information content (AvgIpc) is 2.77. The highest BCUT2D eigenvalue weighted by Gasteiger charge is 2.21. The lowest BCUT2D eigenvalue weighted by Gasteiger charge is -2.34. The number of rotatable bonds is 6. The number of halogens is 1. The summed E-state index contributed by atoms with van der Waals surface area (Å²) in [6.07, 6.45) is 5.03. The first-order chi connectivity index (χ1) is 10.1. The van der Waals surface area contributed by atoms with Gasteiger partial charge in [0.25, 0.3) is 0 Å². The summed E-state index contributed by atoms with van der Waals surface area (Å²) in [5.74, 6) is -0.0771. The van der Waals surface area contributed by atoms with Gasteiger partial charge in [-0.05, 0) is 26.3 Å². The summed E-state index contributed by atoms with van der Waals surface area (Å²) in [6.45, 7) is 4.53. The molecule has 1 aliphatic heterocycles. The van der Waals surface area contributed by atoms with Crippen LogP contribution in [-0.2, 0) is 11.3 Å². The Labute approximate surface area is 130 Å². The number of aliphatic hydroxyl groups excluding tert-OH is 1. The molecular weight excluding hydrogens is 292 g/mol. The zero-order chi connectivity index (χ0) is 15.2. The van der Waals surface area contributed by atoms with E-state index in [2.05, 4.69) is 15.3 Å². The van der Waals surface area contributed by atoms with Crippen LogP contribution < -0.4 is 5.32 Å². The van der Waals surface area contributed by atoms with Crippen molar-refractivity contribution < 1.29 is 9.90 Å². The van der Waals surface area contributed by atoms with Crippen molar-refractivity contribution in [2.45, 2.75) is 38.8 Å². The van der Waals surface area contributed by atoms with Gasteiger partial charge in [-0.3, -0.25) is 14.4 Å². The summed E-state index contributed by atoms with van der Waals surface area (Å²) in [5, 5.41) is 17.0. The molecule has 1 amide bonds. The molecule has 1 atom stereocenters. The van der Waals surface area contributed by atoms with E-state index in [-0.39, 0.29) is 25.1 Å². The van der Waals surface area contributed by atoms with Crippen LogP contribution in [0.4, 0.5) is 0 Å². The maximum Gasteiger partial charge on any atom is 0.241 e. The Bertz CT molecular complexity index is 458. The van der Waals surface area contributed by atoms with Gasteiger partial charge in [-0.15, -0.1) is 0 Å². The third-order valence-electron chi connectivity index (χ3n) is 3.87. The highest BCUT2D eigenvalue weighted by Crippen LogP contribution is 2.15. The second-order valence-electron chi connectivity index (χ2n) is 5.48. The van der Waals surface area contributed by atoms with Gasteiger partial charge in [0.1, 0.15) is 6.54 Å². The van der Waals surface area contributed by atoms with Crippen LogP contribution in [0.5, 0.6) is 0 Å². The molecule has 0 aromatic carbocycles. The van der Waals surface area contributed by atoms with E-state index in [1.807, 2.05) is 6.92 Å². The van der Waals surface area contributed by atoms with Crippen LogP contribution in [-0.4, -0.2) is 58.0 Å². The van der Waals surface area contributed by atoms with Crippen molar-refractivity contribution in [2.75, 3.05) is 26.2 Å². The molecule has 0 saturated carbocycles. The first kappa shape index (κ1) is 16.3. The van der Waals surface area contributed by atoms with Crippen LogP contribution in [0.2, 0.25) is 5.02 Å². The van der Waals surface area contributed by atoms with E-state index in [0.29, 0.717) is 11.6 Å².